The van der Waals surface area contributed by atoms with Gasteiger partial charge in [0.1, 0.15) is 0 Å². The van der Waals surface area contributed by atoms with Crippen LogP contribution in [-0.4, -0.2) is 20.5 Å². The Morgan fingerprint density at radius 3 is 2.85 bits per heavy atom. The Bertz CT molecular complexity index is 751. The minimum absolute atomic E-state index is 0.370. The summed E-state index contributed by atoms with van der Waals surface area (Å²) < 4.78 is 1.59. The predicted octanol–water partition coefficient (Wildman–Crippen LogP) is 0.924. The van der Waals surface area contributed by atoms with Crippen LogP contribution in [0.1, 0.15) is 21.6 Å². The molecule has 0 fully saturated rings. The summed E-state index contributed by atoms with van der Waals surface area (Å²) in [5.74, 6) is 4.71. The summed E-state index contributed by atoms with van der Waals surface area (Å²) in [6, 6.07) is 12.0. The first kappa shape index (κ1) is 12.3. The Morgan fingerprint density at radius 1 is 1.30 bits per heavy atom. The van der Waals surface area contributed by atoms with Gasteiger partial charge < -0.3 is 0 Å². The Hall–Kier alpha value is -2.73. The molecule has 0 unspecified atom stereocenters. The van der Waals surface area contributed by atoms with Gasteiger partial charge in [-0.1, -0.05) is 30.3 Å². The highest BCUT2D eigenvalue weighted by molar-refractivity contribution is 5.93. The van der Waals surface area contributed by atoms with Gasteiger partial charge in [0.25, 0.3) is 5.91 Å². The maximum Gasteiger partial charge on any atom is 0.268 e. The number of nitrogens with one attached hydrogen (secondary N) is 1. The third kappa shape index (κ3) is 2.36. The van der Waals surface area contributed by atoms with Crippen molar-refractivity contribution in [2.75, 3.05) is 0 Å². The number of benzene rings is 1. The summed E-state index contributed by atoms with van der Waals surface area (Å²) in [6.07, 6.45) is 3.81. The van der Waals surface area contributed by atoms with Gasteiger partial charge in [-0.2, -0.15) is 5.10 Å². The summed E-state index contributed by atoms with van der Waals surface area (Å²) in [5.41, 5.74) is 5.21. The molecule has 0 aliphatic heterocycles. The van der Waals surface area contributed by atoms with Gasteiger partial charge in [-0.3, -0.25) is 10.2 Å². The second kappa shape index (κ2) is 5.10. The molecule has 0 bridgehead atoms. The first-order chi connectivity index (χ1) is 9.76. The van der Waals surface area contributed by atoms with Crippen molar-refractivity contribution in [1.82, 2.24) is 20.0 Å². The van der Waals surface area contributed by atoms with Crippen molar-refractivity contribution in [3.63, 3.8) is 0 Å². The third-order valence-electron chi connectivity index (χ3n) is 2.99. The first-order valence-electron chi connectivity index (χ1n) is 6.15. The summed E-state index contributed by atoms with van der Waals surface area (Å²) >= 11 is 0. The normalized spacial score (nSPS) is 10.7. The molecule has 3 N–H and O–H groups in total. The van der Waals surface area contributed by atoms with Crippen LogP contribution in [0.15, 0.2) is 48.8 Å². The van der Waals surface area contributed by atoms with Crippen LogP contribution in [0.2, 0.25) is 0 Å². The van der Waals surface area contributed by atoms with Gasteiger partial charge in [0.2, 0.25) is 0 Å². The molecule has 20 heavy (non-hydrogen) atoms. The second-order valence-corrected chi connectivity index (χ2v) is 4.42. The van der Waals surface area contributed by atoms with Crippen LogP contribution in [0, 0.1) is 0 Å². The fourth-order valence-corrected chi connectivity index (χ4v) is 2.02. The van der Waals surface area contributed by atoms with Gasteiger partial charge in [-0.15, -0.1) is 0 Å². The number of nitrogens with two attached hydrogens (primary N) is 1. The highest BCUT2D eigenvalue weighted by Gasteiger charge is 2.08. The highest BCUT2D eigenvalue weighted by Crippen LogP contribution is 2.10. The number of carbonyl (C=O) groups excluding carboxylic acids is 1. The van der Waals surface area contributed by atoms with Gasteiger partial charge in [0, 0.05) is 24.9 Å². The molecular weight excluding hydrogens is 254 g/mol. The quantitative estimate of drug-likeness (QED) is 0.420. The maximum absolute atomic E-state index is 11.4. The molecule has 6 heteroatoms. The topological polar surface area (TPSA) is 85.3 Å². The minimum atomic E-state index is -0.389. The number of hydrazine groups is 1. The number of fused-ring (bicyclic) bond motifs is 1. The van der Waals surface area contributed by atoms with Crippen LogP contribution < -0.4 is 11.3 Å². The van der Waals surface area contributed by atoms with E-state index in [4.69, 9.17) is 5.84 Å². The van der Waals surface area contributed by atoms with Crippen molar-refractivity contribution < 1.29 is 4.79 Å². The fourth-order valence-electron chi connectivity index (χ4n) is 2.02. The summed E-state index contributed by atoms with van der Waals surface area (Å²) in [5, 5.41) is 4.42. The van der Waals surface area contributed by atoms with Gasteiger partial charge in [-0.05, 0) is 5.56 Å². The Kier molecular flexibility index (Phi) is 3.14. The van der Waals surface area contributed by atoms with Crippen LogP contribution >= 0.6 is 0 Å². The van der Waals surface area contributed by atoms with E-state index in [1.807, 2.05) is 36.4 Å². The standard InChI is InChI=1S/C14H13N5O/c15-17-14(20)11-8-16-13-7-12(18-19(13)9-11)6-10-4-2-1-3-5-10/h1-5,7-9H,6,15H2,(H,17,20). The Balaban J connectivity index is 1.92. The molecule has 0 saturated heterocycles. The van der Waals surface area contributed by atoms with Crippen molar-refractivity contribution in [2.24, 2.45) is 5.84 Å². The number of rotatable bonds is 3. The predicted molar refractivity (Wildman–Crippen MR) is 73.9 cm³/mol. The lowest BCUT2D eigenvalue weighted by Crippen LogP contribution is -2.30. The van der Waals surface area contributed by atoms with Crippen LogP contribution in [0.3, 0.4) is 0 Å². The average Bonchev–Trinajstić information content (AvgIpc) is 2.88. The highest BCUT2D eigenvalue weighted by atomic mass is 16.2. The molecule has 0 saturated carbocycles. The van der Waals surface area contributed by atoms with Crippen LogP contribution in [-0.2, 0) is 6.42 Å². The molecule has 0 radical (unpaired) electrons. The van der Waals surface area contributed by atoms with E-state index in [0.29, 0.717) is 11.2 Å². The maximum atomic E-state index is 11.4. The molecule has 0 atom stereocenters. The van der Waals surface area contributed by atoms with Crippen molar-refractivity contribution in [2.45, 2.75) is 6.42 Å². The summed E-state index contributed by atoms with van der Waals surface area (Å²) in [4.78, 5) is 15.6. The van der Waals surface area contributed by atoms with Gasteiger partial charge in [0.15, 0.2) is 5.65 Å². The molecule has 2 aromatic heterocycles. The third-order valence-corrected chi connectivity index (χ3v) is 2.99. The lowest BCUT2D eigenvalue weighted by atomic mass is 10.1. The van der Waals surface area contributed by atoms with E-state index in [1.165, 1.54) is 11.8 Å². The fraction of sp³-hybridized carbons (Fsp3) is 0.0714. The van der Waals surface area contributed by atoms with Gasteiger partial charge in [-0.25, -0.2) is 15.3 Å². The molecule has 3 aromatic rings. The molecule has 0 aliphatic rings. The van der Waals surface area contributed by atoms with Crippen molar-refractivity contribution in [3.8, 4) is 0 Å². The number of nitrogens with zero attached hydrogens (tertiary/aromatic N) is 3. The number of amides is 1. The van der Waals surface area contributed by atoms with Crippen LogP contribution in [0.25, 0.3) is 5.65 Å². The van der Waals surface area contributed by atoms with E-state index in [-0.39, 0.29) is 5.91 Å². The summed E-state index contributed by atoms with van der Waals surface area (Å²) in [6.45, 7) is 0. The van der Waals surface area contributed by atoms with Gasteiger partial charge in [0.05, 0.1) is 11.3 Å². The van der Waals surface area contributed by atoms with Crippen molar-refractivity contribution >= 4 is 11.6 Å². The lowest BCUT2D eigenvalue weighted by molar-refractivity contribution is 0.0952. The SMILES string of the molecule is NNC(=O)c1cnc2cc(Cc3ccccc3)nn2c1. The molecule has 3 rings (SSSR count). The molecular formula is C14H13N5O. The molecule has 6 nitrogen and oxygen atoms in total. The van der Waals surface area contributed by atoms with E-state index >= 15 is 0 Å². The number of carbonyl (C=O) groups is 1. The molecule has 1 aromatic carbocycles. The van der Waals surface area contributed by atoms with E-state index in [9.17, 15) is 4.79 Å². The van der Waals surface area contributed by atoms with Crippen molar-refractivity contribution in [3.05, 3.63) is 65.6 Å². The van der Waals surface area contributed by atoms with Crippen LogP contribution in [0.4, 0.5) is 0 Å². The number of nitrogen functional groups attached to an aromatic ring is 1. The average molecular weight is 267 g/mol. The number of aromatic nitrogens is 3. The minimum Gasteiger partial charge on any atom is -0.290 e. The monoisotopic (exact) mass is 267 g/mol. The Labute approximate surface area is 115 Å². The Morgan fingerprint density at radius 2 is 2.10 bits per heavy atom. The van der Waals surface area contributed by atoms with E-state index in [2.05, 4.69) is 15.5 Å². The second-order valence-electron chi connectivity index (χ2n) is 4.42. The zero-order valence-electron chi connectivity index (χ0n) is 10.7. The number of hydrogen-bond donors (Lipinski definition) is 2. The molecule has 2 heterocycles. The van der Waals surface area contributed by atoms with E-state index in [1.54, 1.807) is 10.7 Å². The summed E-state index contributed by atoms with van der Waals surface area (Å²) in [7, 11) is 0. The first-order valence-corrected chi connectivity index (χ1v) is 6.15. The lowest BCUT2D eigenvalue weighted by Gasteiger charge is -1.99. The van der Waals surface area contributed by atoms with Gasteiger partial charge >= 0.3 is 0 Å². The molecule has 100 valence electrons. The largest absolute Gasteiger partial charge is 0.290 e. The van der Waals surface area contributed by atoms with Crippen molar-refractivity contribution in [1.29, 1.82) is 0 Å². The zero-order chi connectivity index (χ0) is 13.9. The smallest absolute Gasteiger partial charge is 0.268 e. The molecule has 0 spiro atoms. The molecule has 0 aliphatic carbocycles. The van der Waals surface area contributed by atoms with Crippen LogP contribution in [0.5, 0.6) is 0 Å². The van der Waals surface area contributed by atoms with E-state index < -0.39 is 0 Å². The molecule has 1 amide bonds. The van der Waals surface area contributed by atoms with E-state index in [0.717, 1.165) is 12.1 Å². The number of hydrogen-bond acceptors (Lipinski definition) is 4. The zero-order valence-corrected chi connectivity index (χ0v) is 10.7.